The number of alkyl halides is 6. The molecule has 4 aromatic rings. The van der Waals surface area contributed by atoms with E-state index >= 15 is 0 Å². The van der Waals surface area contributed by atoms with Crippen LogP contribution < -0.4 is 11.5 Å². The van der Waals surface area contributed by atoms with Crippen molar-refractivity contribution in [2.24, 2.45) is 11.5 Å². The summed E-state index contributed by atoms with van der Waals surface area (Å²) in [5.41, 5.74) is 10.3. The van der Waals surface area contributed by atoms with Crippen LogP contribution in [0.1, 0.15) is 48.0 Å². The van der Waals surface area contributed by atoms with Gasteiger partial charge in [0.2, 0.25) is 0 Å². The Hall–Kier alpha value is -3.30. The Balaban J connectivity index is 0.000000179. The van der Waals surface area contributed by atoms with Gasteiger partial charge in [0.15, 0.2) is 23.2 Å². The highest BCUT2D eigenvalue weighted by Gasteiger charge is 2.38. The molecule has 0 spiro atoms. The smallest absolute Gasteiger partial charge is 0.356 e. The zero-order valence-corrected chi connectivity index (χ0v) is 18.7. The number of nitrogens with two attached hydrogens (primary N) is 2. The van der Waals surface area contributed by atoms with Gasteiger partial charge >= 0.3 is 12.4 Å². The predicted octanol–water partition coefficient (Wildman–Crippen LogP) is 4.04. The first-order valence-electron chi connectivity index (χ1n) is 10.9. The lowest BCUT2D eigenvalue weighted by Gasteiger charge is -2.23. The normalized spacial score (nSPS) is 16.8. The maximum atomic E-state index is 13.2. The number of aromatic amines is 1. The van der Waals surface area contributed by atoms with Crippen molar-refractivity contribution >= 4 is 22.1 Å². The van der Waals surface area contributed by atoms with Crippen LogP contribution in [0.4, 0.5) is 26.3 Å². The molecule has 5 heterocycles. The number of hydrogen-bond donors (Lipinski definition) is 3. The molecule has 1 fully saturated rings. The summed E-state index contributed by atoms with van der Waals surface area (Å²) in [6.45, 7) is 0.797. The number of pyridine rings is 2. The summed E-state index contributed by atoms with van der Waals surface area (Å²) in [5, 5.41) is 9.03. The van der Waals surface area contributed by atoms with E-state index in [-0.39, 0.29) is 35.2 Å². The van der Waals surface area contributed by atoms with E-state index < -0.39 is 30.0 Å². The van der Waals surface area contributed by atoms with Crippen LogP contribution in [0.25, 0.3) is 22.1 Å². The monoisotopic (exact) mass is 516 g/mol. The summed E-state index contributed by atoms with van der Waals surface area (Å²) < 4.78 is 83.6. The lowest BCUT2D eigenvalue weighted by Crippen LogP contribution is -2.20. The van der Waals surface area contributed by atoms with E-state index in [9.17, 15) is 26.3 Å². The van der Waals surface area contributed by atoms with Crippen molar-refractivity contribution in [2.75, 3.05) is 6.61 Å². The summed E-state index contributed by atoms with van der Waals surface area (Å²) in [4.78, 5) is 7.87. The SMILES string of the molecule is NCc1cnc2c(c1)c(C(F)(F)F)nn2C1CCCCO1.NCc1cnc2n[nH]c(C(F)(F)F)c2c1. The highest BCUT2D eigenvalue weighted by molar-refractivity contribution is 5.80. The van der Waals surface area contributed by atoms with Gasteiger partial charge in [-0.3, -0.25) is 5.10 Å². The van der Waals surface area contributed by atoms with Gasteiger partial charge in [-0.15, -0.1) is 0 Å². The topological polar surface area (TPSA) is 134 Å². The number of nitrogens with zero attached hydrogens (tertiary/aromatic N) is 5. The maximum Gasteiger partial charge on any atom is 0.435 e. The van der Waals surface area contributed by atoms with Crippen LogP contribution in [-0.2, 0) is 30.2 Å². The number of hydrogen-bond acceptors (Lipinski definition) is 7. The number of nitrogens with one attached hydrogen (secondary N) is 1. The molecule has 1 aliphatic rings. The molecule has 0 bridgehead atoms. The molecule has 1 aliphatic heterocycles. The average Bonchev–Trinajstić information content (AvgIpc) is 3.46. The largest absolute Gasteiger partial charge is 0.435 e. The van der Waals surface area contributed by atoms with Gasteiger partial charge < -0.3 is 16.2 Å². The fraction of sp³-hybridized carbons (Fsp3) is 0.429. The first kappa shape index (κ1) is 25.8. The molecule has 1 saturated heterocycles. The van der Waals surface area contributed by atoms with E-state index in [0.717, 1.165) is 12.8 Å². The van der Waals surface area contributed by atoms with Gasteiger partial charge in [-0.2, -0.15) is 36.5 Å². The number of H-pyrrole nitrogens is 1. The molecule has 36 heavy (non-hydrogen) atoms. The average molecular weight is 516 g/mol. The van der Waals surface area contributed by atoms with Gasteiger partial charge in [0.1, 0.15) is 5.69 Å². The highest BCUT2D eigenvalue weighted by atomic mass is 19.4. The zero-order valence-electron chi connectivity index (χ0n) is 18.7. The minimum atomic E-state index is -4.53. The highest BCUT2D eigenvalue weighted by Crippen LogP contribution is 2.36. The van der Waals surface area contributed by atoms with Gasteiger partial charge in [-0.05, 0) is 42.5 Å². The maximum absolute atomic E-state index is 13.2. The summed E-state index contributed by atoms with van der Waals surface area (Å²) >= 11 is 0. The Kier molecular flexibility index (Phi) is 7.15. The molecule has 5 N–H and O–H groups in total. The zero-order chi connectivity index (χ0) is 26.1. The number of aromatic nitrogens is 6. The molecule has 9 nitrogen and oxygen atoms in total. The molecule has 0 radical (unpaired) electrons. The van der Waals surface area contributed by atoms with E-state index in [4.69, 9.17) is 16.2 Å². The van der Waals surface area contributed by atoms with E-state index in [0.29, 0.717) is 24.2 Å². The van der Waals surface area contributed by atoms with Crippen molar-refractivity contribution in [3.05, 3.63) is 47.0 Å². The molecular weight excluding hydrogens is 494 g/mol. The summed E-state index contributed by atoms with van der Waals surface area (Å²) in [6.07, 6.45) is -4.16. The lowest BCUT2D eigenvalue weighted by molar-refractivity contribution is -0.141. The Bertz CT molecular complexity index is 1340. The van der Waals surface area contributed by atoms with Gasteiger partial charge in [0.25, 0.3) is 0 Å². The number of fused-ring (bicyclic) bond motifs is 2. The number of rotatable bonds is 3. The van der Waals surface area contributed by atoms with Crippen LogP contribution in [-0.4, -0.2) is 36.6 Å². The minimum absolute atomic E-state index is 0.0281. The number of ether oxygens (including phenoxy) is 1. The van der Waals surface area contributed by atoms with Crippen molar-refractivity contribution in [3.63, 3.8) is 0 Å². The molecule has 1 atom stereocenters. The molecule has 5 rings (SSSR count). The summed E-state index contributed by atoms with van der Waals surface area (Å²) in [7, 11) is 0. The third-order valence-electron chi connectivity index (χ3n) is 5.52. The molecule has 0 aromatic carbocycles. The summed E-state index contributed by atoms with van der Waals surface area (Å²) in [5.74, 6) is 0. The Labute approximate surface area is 199 Å². The second-order valence-corrected chi connectivity index (χ2v) is 8.05. The van der Waals surface area contributed by atoms with Crippen LogP contribution in [0, 0.1) is 0 Å². The summed E-state index contributed by atoms with van der Waals surface area (Å²) in [6, 6.07) is 2.74. The fourth-order valence-electron chi connectivity index (χ4n) is 3.78. The third kappa shape index (κ3) is 5.27. The van der Waals surface area contributed by atoms with Crippen molar-refractivity contribution in [1.29, 1.82) is 0 Å². The van der Waals surface area contributed by atoms with Crippen LogP contribution in [0.2, 0.25) is 0 Å². The molecule has 0 saturated carbocycles. The quantitative estimate of drug-likeness (QED) is 0.350. The van der Waals surface area contributed by atoms with Gasteiger partial charge in [0.05, 0.1) is 10.8 Å². The molecule has 1 unspecified atom stereocenters. The first-order valence-corrected chi connectivity index (χ1v) is 10.9. The molecule has 0 amide bonds. The second kappa shape index (κ2) is 9.99. The van der Waals surface area contributed by atoms with Crippen molar-refractivity contribution in [2.45, 2.75) is 50.9 Å². The van der Waals surface area contributed by atoms with E-state index in [2.05, 4.69) is 20.2 Å². The van der Waals surface area contributed by atoms with Gasteiger partial charge in [0, 0.05) is 32.1 Å². The van der Waals surface area contributed by atoms with Crippen LogP contribution in [0.3, 0.4) is 0 Å². The van der Waals surface area contributed by atoms with Crippen molar-refractivity contribution < 1.29 is 31.1 Å². The standard InChI is InChI=1S/C13H15F3N4O.C8H7F3N4/c14-13(15,16)11-9-5-8(6-17)7-18-12(9)20(19-11)10-3-1-2-4-21-10;9-8(10,11)6-5-1-4(2-12)3-13-7(5)15-14-6/h5,7,10H,1-4,6,17H2;1,3H,2,12H2,(H,13,14,15). The Morgan fingerprint density at radius 3 is 2.19 bits per heavy atom. The van der Waals surface area contributed by atoms with E-state index in [1.54, 1.807) is 0 Å². The molecular formula is C21H22F6N8O. The second-order valence-electron chi connectivity index (χ2n) is 8.05. The predicted molar refractivity (Wildman–Crippen MR) is 116 cm³/mol. The third-order valence-corrected chi connectivity index (χ3v) is 5.52. The van der Waals surface area contributed by atoms with Crippen LogP contribution >= 0.6 is 0 Å². The van der Waals surface area contributed by atoms with Crippen LogP contribution in [0.15, 0.2) is 24.5 Å². The van der Waals surface area contributed by atoms with Crippen molar-refractivity contribution in [3.8, 4) is 0 Å². The molecule has 15 heteroatoms. The molecule has 194 valence electrons. The van der Waals surface area contributed by atoms with Gasteiger partial charge in [-0.1, -0.05) is 0 Å². The Morgan fingerprint density at radius 1 is 0.944 bits per heavy atom. The van der Waals surface area contributed by atoms with E-state index in [1.807, 2.05) is 5.10 Å². The van der Waals surface area contributed by atoms with Crippen molar-refractivity contribution in [1.82, 2.24) is 29.9 Å². The number of halogens is 6. The minimum Gasteiger partial charge on any atom is -0.356 e. The molecule has 4 aromatic heterocycles. The Morgan fingerprint density at radius 2 is 1.61 bits per heavy atom. The lowest BCUT2D eigenvalue weighted by atomic mass is 10.2. The van der Waals surface area contributed by atoms with Crippen LogP contribution in [0.5, 0.6) is 0 Å². The fourth-order valence-corrected chi connectivity index (χ4v) is 3.78. The van der Waals surface area contributed by atoms with E-state index in [1.165, 1.54) is 29.2 Å². The van der Waals surface area contributed by atoms with Gasteiger partial charge in [-0.25, -0.2) is 14.6 Å². The molecule has 0 aliphatic carbocycles. The first-order chi connectivity index (χ1) is 17.0.